The Bertz CT molecular complexity index is 576. The average Bonchev–Trinajstić information content (AvgIpc) is 2.45. The topological polar surface area (TPSA) is 24.9 Å². The number of rotatable bonds is 5. The molecule has 0 fully saturated rings. The highest BCUT2D eigenvalue weighted by Gasteiger charge is 2.22. The quantitative estimate of drug-likeness (QED) is 0.831. The van der Waals surface area contributed by atoms with Crippen LogP contribution in [0, 0.1) is 11.6 Å². The molecule has 2 nitrogen and oxygen atoms in total. The second-order valence-electron chi connectivity index (χ2n) is 4.39. The van der Waals surface area contributed by atoms with Crippen molar-refractivity contribution in [2.75, 3.05) is 6.54 Å². The molecule has 0 spiro atoms. The van der Waals surface area contributed by atoms with Crippen LogP contribution in [0.1, 0.15) is 24.2 Å². The number of halogens is 3. The molecule has 0 saturated heterocycles. The van der Waals surface area contributed by atoms with Crippen LogP contribution in [-0.4, -0.2) is 11.5 Å². The molecule has 2 aromatic rings. The van der Waals surface area contributed by atoms with E-state index in [4.69, 9.17) is 0 Å². The summed E-state index contributed by atoms with van der Waals surface area (Å²) in [7, 11) is 0. The Labute approximate surface area is 125 Å². The van der Waals surface area contributed by atoms with Crippen molar-refractivity contribution in [3.8, 4) is 0 Å². The van der Waals surface area contributed by atoms with Crippen LogP contribution in [-0.2, 0) is 6.42 Å². The summed E-state index contributed by atoms with van der Waals surface area (Å²) in [5.74, 6) is -1.11. The van der Waals surface area contributed by atoms with Gasteiger partial charge in [0.1, 0.15) is 11.6 Å². The Hall–Kier alpha value is -1.33. The Morgan fingerprint density at radius 2 is 2.05 bits per heavy atom. The summed E-state index contributed by atoms with van der Waals surface area (Å²) in [5.41, 5.74) is 0.837. The minimum Gasteiger partial charge on any atom is -0.310 e. The van der Waals surface area contributed by atoms with Crippen LogP contribution in [0.25, 0.3) is 0 Å². The first-order chi connectivity index (χ1) is 9.63. The first-order valence-electron chi connectivity index (χ1n) is 6.40. The normalized spacial score (nSPS) is 12.4. The van der Waals surface area contributed by atoms with Gasteiger partial charge in [0.15, 0.2) is 0 Å². The van der Waals surface area contributed by atoms with Crippen LogP contribution < -0.4 is 5.32 Å². The molecule has 0 aliphatic heterocycles. The maximum Gasteiger partial charge on any atom is 0.145 e. The molecule has 1 aromatic carbocycles. The molecule has 2 rings (SSSR count). The Balaban J connectivity index is 2.36. The summed E-state index contributed by atoms with van der Waals surface area (Å²) < 4.78 is 28.4. The minimum atomic E-state index is -0.563. The van der Waals surface area contributed by atoms with Crippen LogP contribution in [0.15, 0.2) is 41.0 Å². The fraction of sp³-hybridized carbons (Fsp3) is 0.267. The zero-order chi connectivity index (χ0) is 14.5. The summed E-state index contributed by atoms with van der Waals surface area (Å²) in [6, 6.07) is 7.71. The van der Waals surface area contributed by atoms with Gasteiger partial charge in [-0.2, -0.15) is 0 Å². The predicted molar refractivity (Wildman–Crippen MR) is 78.4 cm³/mol. The lowest BCUT2D eigenvalue weighted by Crippen LogP contribution is -2.25. The predicted octanol–water partition coefficient (Wildman–Crippen LogP) is 4.02. The van der Waals surface area contributed by atoms with Gasteiger partial charge < -0.3 is 5.32 Å². The van der Waals surface area contributed by atoms with Crippen LogP contribution >= 0.6 is 15.9 Å². The third kappa shape index (κ3) is 3.41. The molecule has 1 aromatic heterocycles. The van der Waals surface area contributed by atoms with Gasteiger partial charge in [0.2, 0.25) is 0 Å². The highest BCUT2D eigenvalue weighted by molar-refractivity contribution is 9.10. The monoisotopic (exact) mass is 340 g/mol. The molecule has 1 N–H and O–H groups in total. The van der Waals surface area contributed by atoms with Crippen LogP contribution in [0.4, 0.5) is 8.78 Å². The van der Waals surface area contributed by atoms with Crippen LogP contribution in [0.5, 0.6) is 0 Å². The van der Waals surface area contributed by atoms with Gasteiger partial charge in [0.05, 0.1) is 4.47 Å². The van der Waals surface area contributed by atoms with Gasteiger partial charge in [-0.3, -0.25) is 4.98 Å². The summed E-state index contributed by atoms with van der Waals surface area (Å²) in [4.78, 5) is 4.21. The van der Waals surface area contributed by atoms with E-state index in [2.05, 4.69) is 26.2 Å². The number of nitrogens with zero attached hydrogens (tertiary/aromatic N) is 1. The van der Waals surface area contributed by atoms with Gasteiger partial charge in [0, 0.05) is 29.9 Å². The molecule has 5 heteroatoms. The molecule has 0 bridgehead atoms. The van der Waals surface area contributed by atoms with E-state index in [1.54, 1.807) is 6.20 Å². The largest absolute Gasteiger partial charge is 0.310 e. The van der Waals surface area contributed by atoms with E-state index in [9.17, 15) is 8.78 Å². The number of aromatic nitrogens is 1. The fourth-order valence-electron chi connectivity index (χ4n) is 2.11. The van der Waals surface area contributed by atoms with Crippen molar-refractivity contribution in [1.82, 2.24) is 10.3 Å². The maximum absolute atomic E-state index is 14.2. The molecular formula is C15H15BrF2N2. The van der Waals surface area contributed by atoms with Crippen molar-refractivity contribution in [1.29, 1.82) is 0 Å². The number of nitrogens with one attached hydrogen (secondary N) is 1. The number of pyridine rings is 1. The standard InChI is InChI=1S/C15H15BrF2N2/c1-2-19-13(9-10-5-3-4-8-20-10)14-12(17)7-6-11(16)15(14)18/h3-8,13,19H,2,9H2,1H3. The van der Waals surface area contributed by atoms with E-state index in [1.807, 2.05) is 25.1 Å². The van der Waals surface area contributed by atoms with Crippen LogP contribution in [0.2, 0.25) is 0 Å². The van der Waals surface area contributed by atoms with Gasteiger partial charge in [-0.25, -0.2) is 8.78 Å². The molecule has 106 valence electrons. The van der Waals surface area contributed by atoms with E-state index < -0.39 is 17.7 Å². The summed E-state index contributed by atoms with van der Waals surface area (Å²) in [6.07, 6.45) is 2.10. The highest BCUT2D eigenvalue weighted by Crippen LogP contribution is 2.28. The molecule has 0 saturated carbocycles. The van der Waals surface area contributed by atoms with E-state index in [0.717, 1.165) is 5.69 Å². The molecule has 0 aliphatic carbocycles. The highest BCUT2D eigenvalue weighted by atomic mass is 79.9. The summed E-state index contributed by atoms with van der Waals surface area (Å²) >= 11 is 3.10. The van der Waals surface area contributed by atoms with Crippen molar-refractivity contribution in [2.45, 2.75) is 19.4 Å². The number of hydrogen-bond donors (Lipinski definition) is 1. The van der Waals surface area contributed by atoms with Crippen LogP contribution in [0.3, 0.4) is 0 Å². The third-order valence-corrected chi connectivity index (χ3v) is 3.63. The Kier molecular flexibility index (Phi) is 5.20. The van der Waals surface area contributed by atoms with Gasteiger partial charge in [-0.15, -0.1) is 0 Å². The van der Waals surface area contributed by atoms with Crippen molar-refractivity contribution in [3.63, 3.8) is 0 Å². The molecule has 0 aliphatic rings. The van der Waals surface area contributed by atoms with Gasteiger partial charge >= 0.3 is 0 Å². The summed E-state index contributed by atoms with van der Waals surface area (Å²) in [5, 5.41) is 3.12. The number of benzene rings is 1. The Morgan fingerprint density at radius 1 is 1.25 bits per heavy atom. The lowest BCUT2D eigenvalue weighted by atomic mass is 10.00. The first-order valence-corrected chi connectivity index (χ1v) is 7.19. The molecule has 20 heavy (non-hydrogen) atoms. The molecule has 1 atom stereocenters. The molecule has 1 unspecified atom stereocenters. The molecular weight excluding hydrogens is 326 g/mol. The van der Waals surface area contributed by atoms with Crippen molar-refractivity contribution < 1.29 is 8.78 Å². The van der Waals surface area contributed by atoms with Gasteiger partial charge in [0.25, 0.3) is 0 Å². The van der Waals surface area contributed by atoms with E-state index in [0.29, 0.717) is 13.0 Å². The van der Waals surface area contributed by atoms with Gasteiger partial charge in [-0.05, 0) is 46.7 Å². The lowest BCUT2D eigenvalue weighted by molar-refractivity contribution is 0.468. The number of likely N-dealkylation sites (N-methyl/N-ethyl adjacent to an activating group) is 1. The third-order valence-electron chi connectivity index (χ3n) is 3.02. The second kappa shape index (κ2) is 6.90. The van der Waals surface area contributed by atoms with Crippen molar-refractivity contribution in [2.24, 2.45) is 0 Å². The molecule has 0 amide bonds. The zero-order valence-electron chi connectivity index (χ0n) is 11.0. The first kappa shape index (κ1) is 15.1. The van der Waals surface area contributed by atoms with Crippen molar-refractivity contribution in [3.05, 3.63) is 63.9 Å². The van der Waals surface area contributed by atoms with Gasteiger partial charge in [-0.1, -0.05) is 13.0 Å². The van der Waals surface area contributed by atoms with E-state index >= 15 is 0 Å². The molecule has 0 radical (unpaired) electrons. The fourth-order valence-corrected chi connectivity index (χ4v) is 2.46. The molecule has 1 heterocycles. The zero-order valence-corrected chi connectivity index (χ0v) is 12.6. The summed E-state index contributed by atoms with van der Waals surface area (Å²) in [6.45, 7) is 2.52. The second-order valence-corrected chi connectivity index (χ2v) is 5.25. The number of hydrogen-bond acceptors (Lipinski definition) is 2. The van der Waals surface area contributed by atoms with E-state index in [1.165, 1.54) is 12.1 Å². The Morgan fingerprint density at radius 3 is 2.70 bits per heavy atom. The average molecular weight is 341 g/mol. The minimum absolute atomic E-state index is 0.0480. The van der Waals surface area contributed by atoms with E-state index in [-0.39, 0.29) is 10.0 Å². The lowest BCUT2D eigenvalue weighted by Gasteiger charge is -2.20. The maximum atomic E-state index is 14.2. The SMILES string of the molecule is CCNC(Cc1ccccn1)c1c(F)ccc(Br)c1F. The smallest absolute Gasteiger partial charge is 0.145 e. The van der Waals surface area contributed by atoms with Crippen molar-refractivity contribution >= 4 is 15.9 Å².